The molecule has 5 rings (SSSR count). The zero-order chi connectivity index (χ0) is 21.6. The van der Waals surface area contributed by atoms with Crippen LogP contribution >= 0.6 is 0 Å². The third kappa shape index (κ3) is 3.83. The van der Waals surface area contributed by atoms with Gasteiger partial charge in [0.05, 0.1) is 22.2 Å². The third-order valence-electron chi connectivity index (χ3n) is 5.88. The molecule has 2 atom stereocenters. The number of alkyl halides is 1. The van der Waals surface area contributed by atoms with Crippen LogP contribution in [0.5, 0.6) is 0 Å². The van der Waals surface area contributed by atoms with E-state index in [4.69, 9.17) is 9.97 Å². The summed E-state index contributed by atoms with van der Waals surface area (Å²) in [5, 5.41) is 7.13. The second-order valence-corrected chi connectivity index (χ2v) is 10.2. The molecule has 2 aliphatic heterocycles. The number of sulfone groups is 1. The molecule has 0 saturated carbocycles. The number of benzene rings is 2. The first kappa shape index (κ1) is 20.1. The molecule has 2 aromatic carbocycles. The molecule has 2 unspecified atom stereocenters. The highest BCUT2D eigenvalue weighted by Crippen LogP contribution is 2.29. The Morgan fingerprint density at radius 1 is 1.16 bits per heavy atom. The summed E-state index contributed by atoms with van der Waals surface area (Å²) < 4.78 is 39.7. The molecule has 2 N–H and O–H groups in total. The number of anilines is 2. The second-order valence-electron chi connectivity index (χ2n) is 8.17. The van der Waals surface area contributed by atoms with E-state index in [9.17, 15) is 12.8 Å². The van der Waals surface area contributed by atoms with Gasteiger partial charge in [0.25, 0.3) is 0 Å². The Balaban J connectivity index is 1.58. The number of rotatable bonds is 3. The Hall–Kier alpha value is -2.78. The lowest BCUT2D eigenvalue weighted by Crippen LogP contribution is -2.31. The van der Waals surface area contributed by atoms with Gasteiger partial charge in [0.15, 0.2) is 9.84 Å². The lowest BCUT2D eigenvalue weighted by molar-refractivity contribution is 0.342. The molecule has 162 valence electrons. The lowest BCUT2D eigenvalue weighted by Gasteiger charge is -2.23. The predicted molar refractivity (Wildman–Crippen MR) is 119 cm³/mol. The molecule has 2 aliphatic rings. The van der Waals surface area contributed by atoms with Crippen LogP contribution in [0.1, 0.15) is 11.1 Å². The number of hydrogen-bond acceptors (Lipinski definition) is 7. The highest BCUT2D eigenvalue weighted by atomic mass is 32.2. The number of halogens is 1. The van der Waals surface area contributed by atoms with Gasteiger partial charge in [0.1, 0.15) is 12.0 Å². The fourth-order valence-electron chi connectivity index (χ4n) is 4.18. The molecule has 0 radical (unpaired) electrons. The Morgan fingerprint density at radius 3 is 2.81 bits per heavy atom. The van der Waals surface area contributed by atoms with Crippen molar-refractivity contribution in [2.24, 2.45) is 0 Å². The highest BCUT2D eigenvalue weighted by Gasteiger charge is 2.29. The number of aryl methyl sites for hydroxylation is 1. The van der Waals surface area contributed by atoms with Crippen LogP contribution in [0, 0.1) is 6.92 Å². The maximum Gasteiger partial charge on any atom is 0.228 e. The molecular weight excluding hydrogens is 417 g/mol. The number of nitrogens with one attached hydrogen (secondary N) is 2. The zero-order valence-electron chi connectivity index (χ0n) is 17.2. The van der Waals surface area contributed by atoms with Crippen LogP contribution in [-0.2, 0) is 16.4 Å². The van der Waals surface area contributed by atoms with Gasteiger partial charge in [-0.2, -0.15) is 4.98 Å². The van der Waals surface area contributed by atoms with Crippen LogP contribution in [-0.4, -0.2) is 56.0 Å². The van der Waals surface area contributed by atoms with Gasteiger partial charge in [-0.3, -0.25) is 0 Å². The number of hydrogen-bond donors (Lipinski definition) is 2. The molecule has 0 spiro atoms. The van der Waals surface area contributed by atoms with E-state index in [1.807, 2.05) is 42.2 Å². The van der Waals surface area contributed by atoms with Crippen molar-refractivity contribution in [2.75, 3.05) is 35.6 Å². The van der Waals surface area contributed by atoms with Gasteiger partial charge in [-0.25, -0.2) is 17.8 Å². The maximum absolute atomic E-state index is 14.3. The molecule has 1 aromatic heterocycles. The van der Waals surface area contributed by atoms with E-state index in [2.05, 4.69) is 10.6 Å². The summed E-state index contributed by atoms with van der Waals surface area (Å²) in [4.78, 5) is 11.7. The molecular formula is C22H24FN5O2S. The SMILES string of the molecule is Cc1ccc2nc(N3CCS(=O)(=O)c4ccccc4C3)nc(NC3CNCC3F)c2c1. The van der Waals surface area contributed by atoms with Crippen molar-refractivity contribution in [1.82, 2.24) is 15.3 Å². The van der Waals surface area contributed by atoms with Gasteiger partial charge >= 0.3 is 0 Å². The number of nitrogens with zero attached hydrogens (tertiary/aromatic N) is 3. The van der Waals surface area contributed by atoms with Crippen LogP contribution in [0.3, 0.4) is 0 Å². The van der Waals surface area contributed by atoms with Crippen molar-refractivity contribution in [2.45, 2.75) is 30.6 Å². The number of fused-ring (bicyclic) bond motifs is 2. The van der Waals surface area contributed by atoms with Crippen LogP contribution in [0.2, 0.25) is 0 Å². The quantitative estimate of drug-likeness (QED) is 0.646. The Morgan fingerprint density at radius 2 is 2.00 bits per heavy atom. The molecule has 0 aliphatic carbocycles. The van der Waals surface area contributed by atoms with E-state index < -0.39 is 16.0 Å². The summed E-state index contributed by atoms with van der Waals surface area (Å²) in [5.74, 6) is 0.994. The summed E-state index contributed by atoms with van der Waals surface area (Å²) in [6.07, 6.45) is -1.01. The predicted octanol–water partition coefficient (Wildman–Crippen LogP) is 2.45. The average molecular weight is 442 g/mol. The van der Waals surface area contributed by atoms with E-state index >= 15 is 0 Å². The molecule has 1 saturated heterocycles. The summed E-state index contributed by atoms with van der Waals surface area (Å²) >= 11 is 0. The highest BCUT2D eigenvalue weighted by molar-refractivity contribution is 7.91. The van der Waals surface area contributed by atoms with E-state index in [1.165, 1.54) is 0 Å². The van der Waals surface area contributed by atoms with E-state index in [0.29, 0.717) is 36.3 Å². The second kappa shape index (κ2) is 7.72. The van der Waals surface area contributed by atoms with Gasteiger partial charge in [-0.15, -0.1) is 0 Å². The summed E-state index contributed by atoms with van der Waals surface area (Å²) in [7, 11) is -3.37. The topological polar surface area (TPSA) is 87.2 Å². The minimum Gasteiger partial charge on any atom is -0.362 e. The fraction of sp³-hybridized carbons (Fsp3) is 0.364. The van der Waals surface area contributed by atoms with Crippen LogP contribution in [0.15, 0.2) is 47.4 Å². The monoisotopic (exact) mass is 441 g/mol. The summed E-state index contributed by atoms with van der Waals surface area (Å²) in [5.41, 5.74) is 2.52. The standard InChI is InChI=1S/C22H24FN5O2S/c1-14-6-7-18-16(10-14)21(25-19-12-24-11-17(19)23)27-22(26-18)28-8-9-31(29,30)20-5-3-2-4-15(20)13-28/h2-7,10,17,19,24H,8-9,11-13H2,1H3,(H,25,26,27). The molecule has 31 heavy (non-hydrogen) atoms. The Bertz CT molecular complexity index is 1250. The normalized spacial score (nSPS) is 22.8. The third-order valence-corrected chi connectivity index (χ3v) is 7.67. The molecule has 3 aromatic rings. The van der Waals surface area contributed by atoms with Gasteiger partial charge < -0.3 is 15.5 Å². The zero-order valence-corrected chi connectivity index (χ0v) is 18.0. The Kier molecular flexibility index (Phi) is 5.02. The van der Waals surface area contributed by atoms with Gasteiger partial charge in [0.2, 0.25) is 5.95 Å². The molecule has 7 nitrogen and oxygen atoms in total. The molecule has 3 heterocycles. The molecule has 0 bridgehead atoms. The summed E-state index contributed by atoms with van der Waals surface area (Å²) in [6, 6.07) is 12.6. The van der Waals surface area contributed by atoms with E-state index in [-0.39, 0.29) is 18.3 Å². The van der Waals surface area contributed by atoms with Crippen LogP contribution < -0.4 is 15.5 Å². The maximum atomic E-state index is 14.3. The Labute approximate surface area is 180 Å². The van der Waals surface area contributed by atoms with Crippen molar-refractivity contribution < 1.29 is 12.8 Å². The smallest absolute Gasteiger partial charge is 0.228 e. The van der Waals surface area contributed by atoms with Crippen molar-refractivity contribution >= 4 is 32.5 Å². The van der Waals surface area contributed by atoms with Crippen LogP contribution in [0.4, 0.5) is 16.2 Å². The minimum absolute atomic E-state index is 0.0127. The van der Waals surface area contributed by atoms with Crippen molar-refractivity contribution in [3.63, 3.8) is 0 Å². The van der Waals surface area contributed by atoms with Crippen LogP contribution in [0.25, 0.3) is 10.9 Å². The number of aromatic nitrogens is 2. The fourth-order valence-corrected chi connectivity index (χ4v) is 5.68. The lowest BCUT2D eigenvalue weighted by atomic mass is 10.1. The first-order chi connectivity index (χ1) is 14.9. The van der Waals surface area contributed by atoms with Gasteiger partial charge in [0, 0.05) is 31.6 Å². The molecule has 1 fully saturated rings. The van der Waals surface area contributed by atoms with E-state index in [1.54, 1.807) is 12.1 Å². The minimum atomic E-state index is -3.37. The molecule has 0 amide bonds. The van der Waals surface area contributed by atoms with Gasteiger partial charge in [-0.05, 0) is 30.7 Å². The average Bonchev–Trinajstić information content (AvgIpc) is 3.09. The van der Waals surface area contributed by atoms with Crippen molar-refractivity contribution in [1.29, 1.82) is 0 Å². The first-order valence-electron chi connectivity index (χ1n) is 10.4. The first-order valence-corrected chi connectivity index (χ1v) is 12.0. The molecule has 9 heteroatoms. The van der Waals surface area contributed by atoms with Crippen molar-refractivity contribution in [3.8, 4) is 0 Å². The largest absolute Gasteiger partial charge is 0.362 e. The van der Waals surface area contributed by atoms with Crippen molar-refractivity contribution in [3.05, 3.63) is 53.6 Å². The summed E-state index contributed by atoms with van der Waals surface area (Å²) in [6.45, 7) is 3.49. The van der Waals surface area contributed by atoms with Gasteiger partial charge in [-0.1, -0.05) is 29.8 Å². The van der Waals surface area contributed by atoms with E-state index in [0.717, 1.165) is 22.0 Å².